The molecule has 0 unspecified atom stereocenters. The maximum Gasteiger partial charge on any atom is 0.271 e. The van der Waals surface area contributed by atoms with Crippen LogP contribution in [0.4, 0.5) is 0 Å². The minimum atomic E-state index is -0.102. The normalized spacial score (nSPS) is 13.0. The predicted molar refractivity (Wildman–Crippen MR) is 70.2 cm³/mol. The van der Waals surface area contributed by atoms with Gasteiger partial charge in [-0.3, -0.25) is 14.6 Å². The number of rotatable bonds is 2. The van der Waals surface area contributed by atoms with Crippen LogP contribution in [0.25, 0.3) is 11.3 Å². The first kappa shape index (κ1) is 11.9. The van der Waals surface area contributed by atoms with Crippen LogP contribution in [0.1, 0.15) is 11.1 Å². The van der Waals surface area contributed by atoms with Gasteiger partial charge in [-0.25, -0.2) is 0 Å². The summed E-state index contributed by atoms with van der Waals surface area (Å²) in [6, 6.07) is 3.78. The van der Waals surface area contributed by atoms with E-state index in [9.17, 15) is 4.79 Å². The van der Waals surface area contributed by atoms with Gasteiger partial charge in [0.2, 0.25) is 6.79 Å². The smallest absolute Gasteiger partial charge is 0.271 e. The van der Waals surface area contributed by atoms with Crippen LogP contribution in [0.2, 0.25) is 0 Å². The number of hydrogen-bond donors (Lipinski definition) is 2. The number of nitrogens with two attached hydrogens (primary N) is 1. The highest BCUT2D eigenvalue weighted by Gasteiger charge is 2.20. The molecule has 0 aliphatic carbocycles. The SMILES string of the molecule is Cc1cc2c(cc1-c1[nH]n(C)c(=O)c1CN)OCO2. The molecular formula is C13H15N3O3. The van der Waals surface area contributed by atoms with E-state index in [0.29, 0.717) is 11.3 Å². The van der Waals surface area contributed by atoms with Crippen molar-refractivity contribution < 1.29 is 9.47 Å². The van der Waals surface area contributed by atoms with Crippen LogP contribution >= 0.6 is 0 Å². The number of hydrogen-bond acceptors (Lipinski definition) is 4. The van der Waals surface area contributed by atoms with Gasteiger partial charge in [0.1, 0.15) is 0 Å². The number of aryl methyl sites for hydroxylation is 2. The monoisotopic (exact) mass is 261 g/mol. The molecular weight excluding hydrogens is 246 g/mol. The molecule has 0 saturated carbocycles. The molecule has 0 bridgehead atoms. The standard InChI is InChI=1S/C13H15N3O3/c1-7-3-10-11(19-6-18-10)4-8(7)12-9(5-14)13(17)16(2)15-12/h3-4,15H,5-6,14H2,1-2H3. The molecule has 0 amide bonds. The third-order valence-electron chi connectivity index (χ3n) is 3.34. The summed E-state index contributed by atoms with van der Waals surface area (Å²) in [7, 11) is 1.67. The van der Waals surface area contributed by atoms with Crippen LogP contribution in [0, 0.1) is 6.92 Å². The Balaban J connectivity index is 2.23. The Kier molecular flexibility index (Phi) is 2.60. The van der Waals surface area contributed by atoms with Gasteiger partial charge >= 0.3 is 0 Å². The maximum atomic E-state index is 11.9. The van der Waals surface area contributed by atoms with Crippen LogP contribution in [0.15, 0.2) is 16.9 Å². The number of nitrogens with one attached hydrogen (secondary N) is 1. The van der Waals surface area contributed by atoms with E-state index < -0.39 is 0 Å². The number of benzene rings is 1. The van der Waals surface area contributed by atoms with Gasteiger partial charge in [0, 0.05) is 19.2 Å². The summed E-state index contributed by atoms with van der Waals surface area (Å²) < 4.78 is 12.1. The summed E-state index contributed by atoms with van der Waals surface area (Å²) in [6.07, 6.45) is 0. The highest BCUT2D eigenvalue weighted by Crippen LogP contribution is 2.38. The molecule has 0 spiro atoms. The van der Waals surface area contributed by atoms with Crippen molar-refractivity contribution in [2.24, 2.45) is 12.8 Å². The van der Waals surface area contributed by atoms with Gasteiger partial charge in [-0.2, -0.15) is 0 Å². The highest BCUT2D eigenvalue weighted by molar-refractivity contribution is 5.70. The van der Waals surface area contributed by atoms with Crippen molar-refractivity contribution in [3.8, 4) is 22.8 Å². The molecule has 3 N–H and O–H groups in total. The molecule has 2 heterocycles. The fraction of sp³-hybridized carbons (Fsp3) is 0.308. The van der Waals surface area contributed by atoms with Crippen LogP contribution in [-0.2, 0) is 13.6 Å². The third kappa shape index (κ3) is 1.72. The Hall–Kier alpha value is -2.21. The second-order valence-electron chi connectivity index (χ2n) is 4.55. The molecule has 100 valence electrons. The maximum absolute atomic E-state index is 11.9. The zero-order valence-corrected chi connectivity index (χ0v) is 10.8. The second kappa shape index (κ2) is 4.17. The van der Waals surface area contributed by atoms with Crippen molar-refractivity contribution in [3.63, 3.8) is 0 Å². The fourth-order valence-electron chi connectivity index (χ4n) is 2.32. The van der Waals surface area contributed by atoms with Gasteiger partial charge in [-0.1, -0.05) is 0 Å². The third-order valence-corrected chi connectivity index (χ3v) is 3.34. The van der Waals surface area contributed by atoms with Gasteiger partial charge in [0.25, 0.3) is 5.56 Å². The largest absolute Gasteiger partial charge is 0.454 e. The van der Waals surface area contributed by atoms with E-state index in [2.05, 4.69) is 5.10 Å². The summed E-state index contributed by atoms with van der Waals surface area (Å²) in [5, 5.41) is 3.04. The van der Waals surface area contributed by atoms with Crippen LogP contribution in [0.3, 0.4) is 0 Å². The predicted octanol–water partition coefficient (Wildman–Crippen LogP) is 0.876. The minimum Gasteiger partial charge on any atom is -0.454 e. The summed E-state index contributed by atoms with van der Waals surface area (Å²) in [5.74, 6) is 1.42. The quantitative estimate of drug-likeness (QED) is 0.840. The van der Waals surface area contributed by atoms with Crippen molar-refractivity contribution >= 4 is 0 Å². The average Bonchev–Trinajstić information content (AvgIpc) is 2.94. The van der Waals surface area contributed by atoms with Crippen LogP contribution in [0.5, 0.6) is 11.5 Å². The zero-order valence-electron chi connectivity index (χ0n) is 10.8. The summed E-state index contributed by atoms with van der Waals surface area (Å²) in [5.41, 5.74) is 8.79. The molecule has 1 aromatic carbocycles. The van der Waals surface area contributed by atoms with Crippen molar-refractivity contribution in [1.29, 1.82) is 0 Å². The molecule has 1 aliphatic heterocycles. The lowest BCUT2D eigenvalue weighted by molar-refractivity contribution is 0.174. The number of nitrogens with zero attached hydrogens (tertiary/aromatic N) is 1. The minimum absolute atomic E-state index is 0.102. The lowest BCUT2D eigenvalue weighted by Gasteiger charge is -2.07. The van der Waals surface area contributed by atoms with Gasteiger partial charge < -0.3 is 15.2 Å². The first-order valence-electron chi connectivity index (χ1n) is 6.00. The van der Waals surface area contributed by atoms with E-state index in [1.165, 1.54) is 4.68 Å². The van der Waals surface area contributed by atoms with E-state index in [4.69, 9.17) is 15.2 Å². The molecule has 0 radical (unpaired) electrons. The molecule has 1 aromatic heterocycles. The van der Waals surface area contributed by atoms with Crippen molar-refractivity contribution in [2.75, 3.05) is 6.79 Å². The molecule has 2 aromatic rings. The number of H-pyrrole nitrogens is 1. The van der Waals surface area contributed by atoms with Gasteiger partial charge in [0.05, 0.1) is 11.3 Å². The van der Waals surface area contributed by atoms with Crippen molar-refractivity contribution in [2.45, 2.75) is 13.5 Å². The molecule has 19 heavy (non-hydrogen) atoms. The van der Waals surface area contributed by atoms with E-state index in [0.717, 1.165) is 22.6 Å². The first-order chi connectivity index (χ1) is 9.11. The number of aromatic nitrogens is 2. The Morgan fingerprint density at radius 2 is 2.05 bits per heavy atom. The number of ether oxygens (including phenoxy) is 2. The molecule has 0 fully saturated rings. The van der Waals surface area contributed by atoms with Crippen LogP contribution in [-0.4, -0.2) is 16.6 Å². The Bertz CT molecular complexity index is 700. The number of fused-ring (bicyclic) bond motifs is 1. The topological polar surface area (TPSA) is 82.3 Å². The molecule has 0 atom stereocenters. The van der Waals surface area contributed by atoms with E-state index in [1.807, 2.05) is 19.1 Å². The molecule has 6 nitrogen and oxygen atoms in total. The lowest BCUT2D eigenvalue weighted by atomic mass is 10.0. The van der Waals surface area contributed by atoms with Crippen molar-refractivity contribution in [3.05, 3.63) is 33.6 Å². The number of aromatic amines is 1. The van der Waals surface area contributed by atoms with E-state index >= 15 is 0 Å². The zero-order chi connectivity index (χ0) is 13.6. The lowest BCUT2D eigenvalue weighted by Crippen LogP contribution is -2.17. The fourth-order valence-corrected chi connectivity index (χ4v) is 2.32. The Labute approximate surface area is 109 Å². The summed E-state index contributed by atoms with van der Waals surface area (Å²) >= 11 is 0. The highest BCUT2D eigenvalue weighted by atomic mass is 16.7. The molecule has 1 aliphatic rings. The van der Waals surface area contributed by atoms with E-state index in [1.54, 1.807) is 7.05 Å². The van der Waals surface area contributed by atoms with Crippen molar-refractivity contribution in [1.82, 2.24) is 9.78 Å². The van der Waals surface area contributed by atoms with Gasteiger partial charge in [-0.15, -0.1) is 0 Å². The molecule has 3 rings (SSSR count). The van der Waals surface area contributed by atoms with Crippen LogP contribution < -0.4 is 20.8 Å². The average molecular weight is 261 g/mol. The Morgan fingerprint density at radius 3 is 2.74 bits per heavy atom. The summed E-state index contributed by atoms with van der Waals surface area (Å²) in [4.78, 5) is 11.9. The second-order valence-corrected chi connectivity index (χ2v) is 4.55. The summed E-state index contributed by atoms with van der Waals surface area (Å²) in [6.45, 7) is 2.38. The first-order valence-corrected chi connectivity index (χ1v) is 6.00. The van der Waals surface area contributed by atoms with Gasteiger partial charge in [-0.05, 0) is 24.6 Å². The molecule has 0 saturated heterocycles. The van der Waals surface area contributed by atoms with Gasteiger partial charge in [0.15, 0.2) is 11.5 Å². The van der Waals surface area contributed by atoms with E-state index in [-0.39, 0.29) is 18.9 Å². The molecule has 6 heteroatoms. The Morgan fingerprint density at radius 1 is 1.37 bits per heavy atom.